The van der Waals surface area contributed by atoms with Crippen LogP contribution >= 0.6 is 0 Å². The zero-order chi connectivity index (χ0) is 26.2. The number of aromatic nitrogens is 3. The molecule has 0 saturated heterocycles. The van der Waals surface area contributed by atoms with Crippen LogP contribution < -0.4 is 15.4 Å². The van der Waals surface area contributed by atoms with Crippen LogP contribution in [0.2, 0.25) is 0 Å². The monoisotopic (exact) mass is 521 g/mol. The molecule has 0 spiro atoms. The van der Waals surface area contributed by atoms with Gasteiger partial charge < -0.3 is 25.3 Å². The summed E-state index contributed by atoms with van der Waals surface area (Å²) in [4.78, 5) is 15.0. The summed E-state index contributed by atoms with van der Waals surface area (Å²) in [5.74, 6) is 1.58. The fraction of sp³-hybridized carbons (Fsp3) is 0.308. The summed E-state index contributed by atoms with van der Waals surface area (Å²) in [5.41, 5.74) is 4.35. The molecular weight excluding hydrogens is 490 g/mol. The van der Waals surface area contributed by atoms with E-state index < -0.39 is 10.0 Å². The van der Waals surface area contributed by atoms with Gasteiger partial charge in [-0.05, 0) is 61.9 Å². The van der Waals surface area contributed by atoms with Gasteiger partial charge in [0, 0.05) is 33.4 Å². The van der Waals surface area contributed by atoms with Gasteiger partial charge in [0.1, 0.15) is 22.1 Å². The Morgan fingerprint density at radius 3 is 2.68 bits per heavy atom. The first kappa shape index (κ1) is 25.0. The Balaban J connectivity index is 1.55. The molecule has 37 heavy (non-hydrogen) atoms. The van der Waals surface area contributed by atoms with Gasteiger partial charge in [0.05, 0.1) is 23.4 Å². The summed E-state index contributed by atoms with van der Waals surface area (Å²) in [5, 5.41) is 7.31. The molecule has 0 radical (unpaired) electrons. The van der Waals surface area contributed by atoms with Crippen molar-refractivity contribution in [3.63, 3.8) is 0 Å². The first-order chi connectivity index (χ1) is 17.8. The number of H-pyrrole nitrogens is 1. The number of para-hydroxylation sites is 1. The summed E-state index contributed by atoms with van der Waals surface area (Å²) in [6.45, 7) is 4.36. The van der Waals surface area contributed by atoms with Crippen LogP contribution in [0.5, 0.6) is 5.75 Å². The fourth-order valence-electron chi connectivity index (χ4n) is 4.43. The maximum absolute atomic E-state index is 12.9. The van der Waals surface area contributed by atoms with E-state index in [1.165, 1.54) is 29.5 Å². The van der Waals surface area contributed by atoms with Crippen molar-refractivity contribution in [3.8, 4) is 5.75 Å². The van der Waals surface area contributed by atoms with E-state index in [9.17, 15) is 8.42 Å². The molecule has 1 aliphatic rings. The van der Waals surface area contributed by atoms with Crippen LogP contribution in [-0.2, 0) is 23.0 Å². The summed E-state index contributed by atoms with van der Waals surface area (Å²) in [6.07, 6.45) is 2.75. The van der Waals surface area contributed by atoms with E-state index in [2.05, 4.69) is 44.7 Å². The number of ether oxygens (including phenoxy) is 1. The summed E-state index contributed by atoms with van der Waals surface area (Å²) < 4.78 is 33.0. The number of nitrogens with one attached hydrogen (secondary N) is 3. The number of likely N-dealkylation sites (N-methyl/N-ethyl adjacent to an activating group) is 1. The van der Waals surface area contributed by atoms with Crippen molar-refractivity contribution < 1.29 is 13.2 Å². The van der Waals surface area contributed by atoms with Crippen molar-refractivity contribution in [2.24, 2.45) is 0 Å². The van der Waals surface area contributed by atoms with E-state index in [-0.39, 0.29) is 4.90 Å². The van der Waals surface area contributed by atoms with Gasteiger partial charge in [-0.25, -0.2) is 12.7 Å². The molecule has 0 atom stereocenters. The van der Waals surface area contributed by atoms with Crippen molar-refractivity contribution in [1.29, 1.82) is 0 Å². The van der Waals surface area contributed by atoms with Crippen LogP contribution in [0.15, 0.2) is 53.6 Å². The SMILES string of the molecule is CCOc1cc2c(cc1Nc1nc(Nc3ccccc3S(=O)(=O)N(C)C)c3cc[nH]c3n1)CN(C)CC2. The third kappa shape index (κ3) is 4.97. The number of aromatic amines is 1. The van der Waals surface area contributed by atoms with Crippen LogP contribution in [0.1, 0.15) is 18.1 Å². The lowest BCUT2D eigenvalue weighted by molar-refractivity contribution is 0.310. The molecule has 11 heteroatoms. The Bertz CT molecular complexity index is 1550. The Hall–Kier alpha value is -3.67. The highest BCUT2D eigenvalue weighted by Gasteiger charge is 2.22. The second kappa shape index (κ2) is 10.0. The molecular formula is C26H31N7O3S. The first-order valence-electron chi connectivity index (χ1n) is 12.1. The average Bonchev–Trinajstić information content (AvgIpc) is 3.34. The number of nitrogens with zero attached hydrogens (tertiary/aromatic N) is 4. The molecule has 1 aliphatic heterocycles. The van der Waals surface area contributed by atoms with Crippen LogP contribution in [0.3, 0.4) is 0 Å². The van der Waals surface area contributed by atoms with Gasteiger partial charge in [-0.3, -0.25) is 0 Å². The summed E-state index contributed by atoms with van der Waals surface area (Å²) in [7, 11) is 1.46. The molecule has 0 fully saturated rings. The minimum absolute atomic E-state index is 0.161. The predicted octanol–water partition coefficient (Wildman–Crippen LogP) is 4.08. The topological polar surface area (TPSA) is 115 Å². The van der Waals surface area contributed by atoms with E-state index >= 15 is 0 Å². The minimum atomic E-state index is -3.67. The van der Waals surface area contributed by atoms with E-state index in [4.69, 9.17) is 9.72 Å². The standard InChI is InChI=1S/C26H31N7O3S/c1-5-36-22-15-17-11-13-33(4)16-18(17)14-21(22)29-26-30-24-19(10-12-27-24)25(31-26)28-20-8-6-7-9-23(20)37(34,35)32(2)3/h6-10,12,14-15H,5,11,13,16H2,1-4H3,(H3,27,28,29,30,31). The molecule has 0 amide bonds. The van der Waals surface area contributed by atoms with Crippen molar-refractivity contribution in [2.45, 2.75) is 24.8 Å². The number of anilines is 4. The van der Waals surface area contributed by atoms with Gasteiger partial charge in [-0.1, -0.05) is 12.1 Å². The highest BCUT2D eigenvalue weighted by Crippen LogP contribution is 2.35. The Morgan fingerprint density at radius 1 is 1.08 bits per heavy atom. The molecule has 0 saturated carbocycles. The first-order valence-corrected chi connectivity index (χ1v) is 13.6. The highest BCUT2D eigenvalue weighted by molar-refractivity contribution is 7.89. The highest BCUT2D eigenvalue weighted by atomic mass is 32.2. The van der Waals surface area contributed by atoms with Crippen LogP contribution in [0.25, 0.3) is 11.0 Å². The van der Waals surface area contributed by atoms with E-state index in [0.717, 1.165) is 36.3 Å². The molecule has 2 aromatic heterocycles. The third-order valence-electron chi connectivity index (χ3n) is 6.37. The number of hydrogen-bond acceptors (Lipinski definition) is 8. The number of rotatable bonds is 8. The lowest BCUT2D eigenvalue weighted by Gasteiger charge is -2.26. The maximum Gasteiger partial charge on any atom is 0.244 e. The van der Waals surface area contributed by atoms with Crippen LogP contribution in [0.4, 0.5) is 23.1 Å². The Kier molecular flexibility index (Phi) is 6.76. The summed E-state index contributed by atoms with van der Waals surface area (Å²) in [6, 6.07) is 12.8. The molecule has 10 nitrogen and oxygen atoms in total. The quantitative estimate of drug-likeness (QED) is 0.318. The Labute approximate surface area is 216 Å². The lowest BCUT2D eigenvalue weighted by atomic mass is 9.99. The maximum atomic E-state index is 12.9. The largest absolute Gasteiger partial charge is 0.492 e. The zero-order valence-electron chi connectivity index (χ0n) is 21.4. The predicted molar refractivity (Wildman–Crippen MR) is 145 cm³/mol. The van der Waals surface area contributed by atoms with Gasteiger partial charge in [-0.15, -0.1) is 0 Å². The molecule has 5 rings (SSSR count). The van der Waals surface area contributed by atoms with Gasteiger partial charge in [0.25, 0.3) is 0 Å². The Morgan fingerprint density at radius 2 is 1.89 bits per heavy atom. The van der Waals surface area contributed by atoms with Crippen LogP contribution in [0, 0.1) is 0 Å². The summed E-state index contributed by atoms with van der Waals surface area (Å²) >= 11 is 0. The van der Waals surface area contributed by atoms with Crippen molar-refractivity contribution >= 4 is 44.2 Å². The zero-order valence-corrected chi connectivity index (χ0v) is 22.2. The van der Waals surface area contributed by atoms with Gasteiger partial charge in [0.15, 0.2) is 0 Å². The number of hydrogen-bond donors (Lipinski definition) is 3. The lowest BCUT2D eigenvalue weighted by Crippen LogP contribution is -2.26. The van der Waals surface area contributed by atoms with Gasteiger partial charge >= 0.3 is 0 Å². The second-order valence-corrected chi connectivity index (χ2v) is 11.3. The van der Waals surface area contributed by atoms with Gasteiger partial charge in [-0.2, -0.15) is 9.97 Å². The van der Waals surface area contributed by atoms with E-state index in [1.54, 1.807) is 30.5 Å². The molecule has 0 unspecified atom stereocenters. The second-order valence-electron chi connectivity index (χ2n) is 9.21. The number of benzene rings is 2. The van der Waals surface area contributed by atoms with Gasteiger partial charge in [0.2, 0.25) is 16.0 Å². The molecule has 0 bridgehead atoms. The molecule has 3 heterocycles. The molecule has 3 N–H and O–H groups in total. The van der Waals surface area contributed by atoms with Crippen molar-refractivity contribution in [1.82, 2.24) is 24.2 Å². The van der Waals surface area contributed by atoms with Crippen LogP contribution in [-0.4, -0.2) is 66.9 Å². The normalized spacial score (nSPS) is 14.1. The fourth-order valence-corrected chi connectivity index (χ4v) is 5.47. The van der Waals surface area contributed by atoms with E-state index in [1.807, 2.05) is 13.0 Å². The minimum Gasteiger partial charge on any atom is -0.492 e. The third-order valence-corrected chi connectivity index (χ3v) is 8.24. The van der Waals surface area contributed by atoms with Crippen molar-refractivity contribution in [2.75, 3.05) is 44.9 Å². The van der Waals surface area contributed by atoms with E-state index in [0.29, 0.717) is 29.7 Å². The molecule has 4 aromatic rings. The number of sulfonamides is 1. The molecule has 0 aliphatic carbocycles. The average molecular weight is 522 g/mol. The molecule has 194 valence electrons. The smallest absolute Gasteiger partial charge is 0.244 e. The molecule has 2 aromatic carbocycles. The van der Waals surface area contributed by atoms with Crippen molar-refractivity contribution in [3.05, 3.63) is 59.8 Å². The number of fused-ring (bicyclic) bond motifs is 2.